The number of hydrogen-bond acceptors (Lipinski definition) is 1. The topological polar surface area (TPSA) is 9.23 Å². The highest BCUT2D eigenvalue weighted by Crippen LogP contribution is 2.47. The largest absolute Gasteiger partial charge is 0.370 e. The van der Waals surface area contributed by atoms with E-state index in [0.29, 0.717) is 0 Å². The number of allylic oxidation sites excluding steroid dienone is 2. The lowest BCUT2D eigenvalue weighted by atomic mass is 10.1. The molecule has 0 N–H and O–H groups in total. The van der Waals surface area contributed by atoms with Crippen molar-refractivity contribution in [3.63, 3.8) is 0 Å². The van der Waals surface area contributed by atoms with E-state index in [-0.39, 0.29) is 14.7 Å². The lowest BCUT2D eigenvalue weighted by molar-refractivity contribution is 0.220. The second-order valence-electron chi connectivity index (χ2n) is 3.92. The summed E-state index contributed by atoms with van der Waals surface area (Å²) in [7, 11) is 1.49. The molecule has 2 bridgehead atoms. The molecular formula is C9H15ClOSi. The highest BCUT2D eigenvalue weighted by Gasteiger charge is 2.36. The van der Waals surface area contributed by atoms with E-state index in [1.807, 2.05) is 0 Å². The summed E-state index contributed by atoms with van der Waals surface area (Å²) in [6.07, 6.45) is 7.56. The van der Waals surface area contributed by atoms with Crippen LogP contribution in [0.5, 0.6) is 0 Å². The summed E-state index contributed by atoms with van der Waals surface area (Å²) >= 11 is 6.00. The van der Waals surface area contributed by atoms with Crippen LogP contribution in [0, 0.1) is 11.8 Å². The maximum absolute atomic E-state index is 6.00. The van der Waals surface area contributed by atoms with Gasteiger partial charge in [-0.2, -0.15) is 0 Å². The third-order valence-electron chi connectivity index (χ3n) is 3.16. The molecule has 0 aromatic rings. The van der Waals surface area contributed by atoms with Gasteiger partial charge in [-0.3, -0.25) is 0 Å². The monoisotopic (exact) mass is 202 g/mol. The van der Waals surface area contributed by atoms with Crippen molar-refractivity contribution < 1.29 is 4.74 Å². The van der Waals surface area contributed by atoms with Crippen molar-refractivity contribution in [3.8, 4) is 0 Å². The summed E-state index contributed by atoms with van der Waals surface area (Å²) in [6.45, 7) is 0. The first-order chi connectivity index (χ1) is 5.79. The van der Waals surface area contributed by atoms with Gasteiger partial charge >= 0.3 is 0 Å². The van der Waals surface area contributed by atoms with Crippen LogP contribution in [0.25, 0.3) is 0 Å². The number of hydrogen-bond donors (Lipinski definition) is 0. The van der Waals surface area contributed by atoms with Crippen LogP contribution in [-0.2, 0) is 4.74 Å². The predicted molar refractivity (Wildman–Crippen MR) is 54.3 cm³/mol. The molecule has 2 rings (SSSR count). The molecule has 12 heavy (non-hydrogen) atoms. The van der Waals surface area contributed by atoms with E-state index in [9.17, 15) is 0 Å². The van der Waals surface area contributed by atoms with E-state index in [1.165, 1.54) is 12.8 Å². The second-order valence-corrected chi connectivity index (χ2v) is 7.19. The van der Waals surface area contributed by atoms with Crippen LogP contribution in [-0.4, -0.2) is 21.8 Å². The van der Waals surface area contributed by atoms with E-state index in [2.05, 4.69) is 12.2 Å². The lowest BCUT2D eigenvalue weighted by Crippen LogP contribution is -2.20. The van der Waals surface area contributed by atoms with Crippen molar-refractivity contribution in [2.45, 2.75) is 23.6 Å². The van der Waals surface area contributed by atoms with Crippen molar-refractivity contribution in [3.05, 3.63) is 12.2 Å². The van der Waals surface area contributed by atoms with E-state index >= 15 is 0 Å². The van der Waals surface area contributed by atoms with Crippen LogP contribution in [0.4, 0.5) is 0 Å². The third-order valence-corrected chi connectivity index (χ3v) is 6.12. The summed E-state index contributed by atoms with van der Waals surface area (Å²) in [4.78, 5) is 0. The van der Waals surface area contributed by atoms with Gasteiger partial charge in [0.2, 0.25) is 0 Å². The maximum Gasteiger partial charge on any atom is 0.112 e. The molecule has 2 aliphatic carbocycles. The maximum atomic E-state index is 6.00. The number of alkyl halides is 1. The van der Waals surface area contributed by atoms with Gasteiger partial charge in [-0.1, -0.05) is 23.8 Å². The molecule has 0 radical (unpaired) electrons. The molecule has 1 fully saturated rings. The first kappa shape index (κ1) is 8.79. The fourth-order valence-electron chi connectivity index (χ4n) is 2.50. The van der Waals surface area contributed by atoms with E-state index in [4.69, 9.17) is 16.3 Å². The fraction of sp³-hybridized carbons (Fsp3) is 0.778. The van der Waals surface area contributed by atoms with Crippen LogP contribution in [0.15, 0.2) is 12.2 Å². The highest BCUT2D eigenvalue weighted by molar-refractivity contribution is 6.53. The molecule has 1 nitrogen and oxygen atoms in total. The standard InChI is InChI=1S/C9H15ClOSi/c1-11-9(10)12-8-5-6-2-3-7(8)4-6/h2-3,6-9H,4-5,12H2,1H3. The first-order valence-electron chi connectivity index (χ1n) is 4.64. The van der Waals surface area contributed by atoms with Gasteiger partial charge in [0.15, 0.2) is 0 Å². The average molecular weight is 203 g/mol. The second kappa shape index (κ2) is 3.52. The number of fused-ring (bicyclic) bond motifs is 2. The van der Waals surface area contributed by atoms with E-state index in [1.54, 1.807) is 7.11 Å². The SMILES string of the molecule is COC(Cl)[SiH2]C1CC2C=CC1C2. The van der Waals surface area contributed by atoms with Gasteiger partial charge in [0.25, 0.3) is 0 Å². The smallest absolute Gasteiger partial charge is 0.112 e. The molecule has 0 aromatic heterocycles. The Balaban J connectivity index is 1.87. The van der Waals surface area contributed by atoms with Crippen molar-refractivity contribution in [1.29, 1.82) is 0 Å². The van der Waals surface area contributed by atoms with Crippen LogP contribution < -0.4 is 0 Å². The van der Waals surface area contributed by atoms with Crippen LogP contribution in [0.2, 0.25) is 5.54 Å². The first-order valence-corrected chi connectivity index (χ1v) is 6.71. The molecule has 0 saturated heterocycles. The number of halogens is 1. The van der Waals surface area contributed by atoms with Gasteiger partial charge in [-0.25, -0.2) is 0 Å². The third kappa shape index (κ3) is 1.61. The molecule has 0 amide bonds. The molecule has 0 aromatic carbocycles. The zero-order chi connectivity index (χ0) is 8.55. The molecule has 68 valence electrons. The zero-order valence-corrected chi connectivity index (χ0v) is 9.54. The van der Waals surface area contributed by atoms with Gasteiger partial charge in [-0.15, -0.1) is 0 Å². The highest BCUT2D eigenvalue weighted by atomic mass is 35.5. The summed E-state index contributed by atoms with van der Waals surface area (Å²) in [5.41, 5.74) is 0.919. The normalized spacial score (nSPS) is 41.7. The molecule has 0 heterocycles. The molecule has 2 aliphatic rings. The minimum absolute atomic E-state index is 0.0581. The molecule has 1 saturated carbocycles. The van der Waals surface area contributed by atoms with Crippen molar-refractivity contribution >= 4 is 21.1 Å². The van der Waals surface area contributed by atoms with Crippen LogP contribution >= 0.6 is 11.6 Å². The van der Waals surface area contributed by atoms with Crippen molar-refractivity contribution in [2.75, 3.05) is 7.11 Å². The van der Waals surface area contributed by atoms with Crippen molar-refractivity contribution in [1.82, 2.24) is 0 Å². The minimum Gasteiger partial charge on any atom is -0.370 e. The van der Waals surface area contributed by atoms with Gasteiger partial charge in [0.1, 0.15) is 5.19 Å². The molecule has 4 unspecified atom stereocenters. The summed E-state index contributed by atoms with van der Waals surface area (Å²) in [6, 6.07) is 0. The summed E-state index contributed by atoms with van der Waals surface area (Å²) in [5, 5.41) is 0.0581. The Kier molecular flexibility index (Phi) is 2.58. The van der Waals surface area contributed by atoms with Crippen molar-refractivity contribution in [2.24, 2.45) is 11.8 Å². The summed E-state index contributed by atoms with van der Waals surface area (Å²) in [5.74, 6) is 1.74. The predicted octanol–water partition coefficient (Wildman–Crippen LogP) is 1.71. The molecular weight excluding hydrogens is 188 g/mol. The lowest BCUT2D eigenvalue weighted by Gasteiger charge is -2.19. The van der Waals surface area contributed by atoms with Gasteiger partial charge in [0, 0.05) is 7.11 Å². The fourth-order valence-corrected chi connectivity index (χ4v) is 5.17. The molecule has 0 aliphatic heterocycles. The molecule has 0 spiro atoms. The number of ether oxygens (including phenoxy) is 1. The van der Waals surface area contributed by atoms with Gasteiger partial charge < -0.3 is 4.74 Å². The Hall–Kier alpha value is 0.207. The van der Waals surface area contributed by atoms with Crippen LogP contribution in [0.1, 0.15) is 12.8 Å². The Bertz CT molecular complexity index is 195. The van der Waals surface area contributed by atoms with E-state index < -0.39 is 0 Å². The minimum atomic E-state index is -0.224. The van der Waals surface area contributed by atoms with E-state index in [0.717, 1.165) is 17.4 Å². The average Bonchev–Trinajstić information content (AvgIpc) is 2.64. The summed E-state index contributed by atoms with van der Waals surface area (Å²) < 4.78 is 5.12. The number of methoxy groups -OCH3 is 1. The Labute approximate surface area is 80.9 Å². The Morgan fingerprint density at radius 1 is 1.50 bits per heavy atom. The van der Waals surface area contributed by atoms with Gasteiger partial charge in [0.05, 0.1) is 9.52 Å². The van der Waals surface area contributed by atoms with Crippen LogP contribution in [0.3, 0.4) is 0 Å². The Morgan fingerprint density at radius 2 is 2.33 bits per heavy atom. The van der Waals surface area contributed by atoms with Gasteiger partial charge in [-0.05, 0) is 30.2 Å². The zero-order valence-electron chi connectivity index (χ0n) is 7.37. The Morgan fingerprint density at radius 3 is 2.83 bits per heavy atom. The quantitative estimate of drug-likeness (QED) is 0.385. The molecule has 3 heteroatoms. The molecule has 4 atom stereocenters. The number of rotatable bonds is 3.